The number of methoxy groups -OCH3 is 2. The molecule has 1 saturated heterocycles. The maximum atomic E-state index is 12.9. The molecule has 7 nitrogen and oxygen atoms in total. The van der Waals surface area contributed by atoms with Crippen LogP contribution in [0.5, 0.6) is 11.5 Å². The zero-order chi connectivity index (χ0) is 22.2. The number of amides is 1. The van der Waals surface area contributed by atoms with Gasteiger partial charge in [0.15, 0.2) is 5.82 Å². The zero-order valence-corrected chi connectivity index (χ0v) is 19.1. The lowest BCUT2D eigenvalue weighted by molar-refractivity contribution is -0.136. The van der Waals surface area contributed by atoms with Crippen molar-refractivity contribution in [1.82, 2.24) is 15.1 Å². The standard InChI is InChI=1S/C24H34N4O3/c1-5-7-18(8-6-2)24(29)28-15-13-27(14-16-28)23-12-10-21(25-26-23)20-17-19(30-3)9-11-22(20)31-4/h9-12,17-18H,5-8,13-16H2,1-4H3. The van der Waals surface area contributed by atoms with Crippen molar-refractivity contribution in [3.8, 4) is 22.8 Å². The number of nitrogens with zero attached hydrogens (tertiary/aromatic N) is 4. The van der Waals surface area contributed by atoms with Crippen LogP contribution in [0, 0.1) is 5.92 Å². The smallest absolute Gasteiger partial charge is 0.225 e. The number of aromatic nitrogens is 2. The van der Waals surface area contributed by atoms with Crippen LogP contribution in [0.25, 0.3) is 11.3 Å². The average molecular weight is 427 g/mol. The number of benzene rings is 1. The van der Waals surface area contributed by atoms with Gasteiger partial charge in [-0.05, 0) is 43.2 Å². The molecule has 0 unspecified atom stereocenters. The number of carbonyl (C=O) groups is 1. The van der Waals surface area contributed by atoms with E-state index >= 15 is 0 Å². The molecule has 1 aliphatic rings. The van der Waals surface area contributed by atoms with E-state index in [0.717, 1.165) is 80.4 Å². The van der Waals surface area contributed by atoms with Gasteiger partial charge in [0, 0.05) is 37.7 Å². The van der Waals surface area contributed by atoms with Gasteiger partial charge in [-0.15, -0.1) is 10.2 Å². The van der Waals surface area contributed by atoms with Gasteiger partial charge in [-0.3, -0.25) is 4.79 Å². The predicted molar refractivity (Wildman–Crippen MR) is 123 cm³/mol. The number of rotatable bonds is 9. The van der Waals surface area contributed by atoms with E-state index in [9.17, 15) is 4.79 Å². The molecule has 1 fully saturated rings. The second-order valence-electron chi connectivity index (χ2n) is 7.93. The molecule has 0 radical (unpaired) electrons. The maximum absolute atomic E-state index is 12.9. The number of carbonyl (C=O) groups excluding carboxylic acids is 1. The second kappa shape index (κ2) is 11.0. The lowest BCUT2D eigenvalue weighted by atomic mass is 9.96. The summed E-state index contributed by atoms with van der Waals surface area (Å²) in [6, 6.07) is 9.56. The molecule has 168 valence electrons. The van der Waals surface area contributed by atoms with Gasteiger partial charge in [0.25, 0.3) is 0 Å². The number of anilines is 1. The van der Waals surface area contributed by atoms with Crippen molar-refractivity contribution in [2.75, 3.05) is 45.3 Å². The van der Waals surface area contributed by atoms with Gasteiger partial charge in [0.1, 0.15) is 11.5 Å². The SMILES string of the molecule is CCCC(CCC)C(=O)N1CCN(c2ccc(-c3cc(OC)ccc3OC)nn2)CC1. The van der Waals surface area contributed by atoms with Gasteiger partial charge in [-0.1, -0.05) is 26.7 Å². The van der Waals surface area contributed by atoms with Crippen molar-refractivity contribution in [3.63, 3.8) is 0 Å². The molecule has 0 atom stereocenters. The molecular weight excluding hydrogens is 392 g/mol. The molecule has 2 heterocycles. The van der Waals surface area contributed by atoms with Gasteiger partial charge in [-0.25, -0.2) is 0 Å². The van der Waals surface area contributed by atoms with E-state index in [1.807, 2.05) is 35.2 Å². The number of hydrogen-bond acceptors (Lipinski definition) is 6. The highest BCUT2D eigenvalue weighted by Crippen LogP contribution is 2.32. The Balaban J connectivity index is 1.65. The fourth-order valence-electron chi connectivity index (χ4n) is 4.15. The highest BCUT2D eigenvalue weighted by atomic mass is 16.5. The van der Waals surface area contributed by atoms with Crippen molar-refractivity contribution in [2.45, 2.75) is 39.5 Å². The molecule has 1 amide bonds. The fourth-order valence-corrected chi connectivity index (χ4v) is 4.15. The molecule has 0 saturated carbocycles. The molecule has 3 rings (SSSR count). The zero-order valence-electron chi connectivity index (χ0n) is 19.1. The van der Waals surface area contributed by atoms with Crippen LogP contribution in [0.15, 0.2) is 30.3 Å². The van der Waals surface area contributed by atoms with Crippen LogP contribution in [-0.2, 0) is 4.79 Å². The van der Waals surface area contributed by atoms with Crippen LogP contribution < -0.4 is 14.4 Å². The first-order valence-electron chi connectivity index (χ1n) is 11.2. The Morgan fingerprint density at radius 2 is 1.68 bits per heavy atom. The molecule has 2 aromatic rings. The Morgan fingerprint density at radius 3 is 2.23 bits per heavy atom. The van der Waals surface area contributed by atoms with Crippen LogP contribution >= 0.6 is 0 Å². The molecule has 0 aliphatic carbocycles. The fraction of sp³-hybridized carbons (Fsp3) is 0.542. The van der Waals surface area contributed by atoms with Crippen molar-refractivity contribution in [1.29, 1.82) is 0 Å². The minimum Gasteiger partial charge on any atom is -0.497 e. The molecule has 31 heavy (non-hydrogen) atoms. The summed E-state index contributed by atoms with van der Waals surface area (Å²) in [6.07, 6.45) is 4.06. The normalized spacial score (nSPS) is 14.1. The Bertz CT molecular complexity index is 842. The van der Waals surface area contributed by atoms with Gasteiger partial charge in [-0.2, -0.15) is 0 Å². The predicted octanol–water partition coefficient (Wildman–Crippen LogP) is 4.03. The number of piperazine rings is 1. The summed E-state index contributed by atoms with van der Waals surface area (Å²) in [5.41, 5.74) is 1.57. The van der Waals surface area contributed by atoms with Crippen LogP contribution in [-0.4, -0.2) is 61.4 Å². The number of hydrogen-bond donors (Lipinski definition) is 0. The summed E-state index contributed by atoms with van der Waals surface area (Å²) in [4.78, 5) is 17.1. The molecular formula is C24H34N4O3. The molecule has 0 bridgehead atoms. The summed E-state index contributed by atoms with van der Waals surface area (Å²) in [5, 5.41) is 8.88. The highest BCUT2D eigenvalue weighted by molar-refractivity contribution is 5.79. The summed E-state index contributed by atoms with van der Waals surface area (Å²) < 4.78 is 10.8. The maximum Gasteiger partial charge on any atom is 0.225 e. The molecule has 1 aromatic carbocycles. The Labute approximate surface area is 185 Å². The topological polar surface area (TPSA) is 67.8 Å². The Hall–Kier alpha value is -2.83. The molecule has 1 aliphatic heterocycles. The van der Waals surface area contributed by atoms with Crippen molar-refractivity contribution in [3.05, 3.63) is 30.3 Å². The van der Waals surface area contributed by atoms with Crippen LogP contribution in [0.3, 0.4) is 0 Å². The lowest BCUT2D eigenvalue weighted by Gasteiger charge is -2.36. The van der Waals surface area contributed by atoms with E-state index in [-0.39, 0.29) is 5.92 Å². The molecule has 0 spiro atoms. The van der Waals surface area contributed by atoms with Crippen LogP contribution in [0.1, 0.15) is 39.5 Å². The summed E-state index contributed by atoms with van der Waals surface area (Å²) in [5.74, 6) is 2.78. The van der Waals surface area contributed by atoms with E-state index < -0.39 is 0 Å². The van der Waals surface area contributed by atoms with E-state index in [1.54, 1.807) is 14.2 Å². The summed E-state index contributed by atoms with van der Waals surface area (Å²) >= 11 is 0. The minimum absolute atomic E-state index is 0.165. The third-order valence-electron chi connectivity index (χ3n) is 5.87. The van der Waals surface area contributed by atoms with Crippen LogP contribution in [0.4, 0.5) is 5.82 Å². The van der Waals surface area contributed by atoms with Gasteiger partial charge in [0.2, 0.25) is 5.91 Å². The second-order valence-corrected chi connectivity index (χ2v) is 7.93. The first kappa shape index (κ1) is 22.8. The summed E-state index contributed by atoms with van der Waals surface area (Å²) in [7, 11) is 3.27. The molecule has 0 N–H and O–H groups in total. The average Bonchev–Trinajstić information content (AvgIpc) is 2.83. The summed E-state index contributed by atoms with van der Waals surface area (Å²) in [6.45, 7) is 7.31. The quantitative estimate of drug-likeness (QED) is 0.603. The van der Waals surface area contributed by atoms with Gasteiger partial charge in [0.05, 0.1) is 19.9 Å². The lowest BCUT2D eigenvalue weighted by Crippen LogP contribution is -2.50. The molecule has 1 aromatic heterocycles. The first-order valence-corrected chi connectivity index (χ1v) is 11.2. The Morgan fingerprint density at radius 1 is 0.968 bits per heavy atom. The minimum atomic E-state index is 0.165. The largest absolute Gasteiger partial charge is 0.497 e. The van der Waals surface area contributed by atoms with E-state index in [1.165, 1.54) is 0 Å². The van der Waals surface area contributed by atoms with Crippen molar-refractivity contribution < 1.29 is 14.3 Å². The Kier molecular flexibility index (Phi) is 8.09. The first-order chi connectivity index (χ1) is 15.1. The van der Waals surface area contributed by atoms with Crippen molar-refractivity contribution >= 4 is 11.7 Å². The monoisotopic (exact) mass is 426 g/mol. The van der Waals surface area contributed by atoms with E-state index in [2.05, 4.69) is 28.9 Å². The van der Waals surface area contributed by atoms with Crippen molar-refractivity contribution in [2.24, 2.45) is 5.92 Å². The number of ether oxygens (including phenoxy) is 2. The molecule has 7 heteroatoms. The van der Waals surface area contributed by atoms with E-state index in [0.29, 0.717) is 5.91 Å². The third kappa shape index (κ3) is 5.46. The van der Waals surface area contributed by atoms with E-state index in [4.69, 9.17) is 9.47 Å². The third-order valence-corrected chi connectivity index (χ3v) is 5.87. The van der Waals surface area contributed by atoms with Crippen LogP contribution in [0.2, 0.25) is 0 Å². The highest BCUT2D eigenvalue weighted by Gasteiger charge is 2.27. The van der Waals surface area contributed by atoms with Gasteiger partial charge >= 0.3 is 0 Å². The van der Waals surface area contributed by atoms with Gasteiger partial charge < -0.3 is 19.3 Å².